The summed E-state index contributed by atoms with van der Waals surface area (Å²) in [6.45, 7) is 5.17. The summed E-state index contributed by atoms with van der Waals surface area (Å²) < 4.78 is 5.98. The second kappa shape index (κ2) is 7.45. The summed E-state index contributed by atoms with van der Waals surface area (Å²) in [4.78, 5) is 12.0. The molecule has 5 heteroatoms. The molecule has 1 saturated heterocycles. The maximum Gasteiger partial charge on any atom is 0.315 e. The van der Waals surface area contributed by atoms with E-state index in [1.54, 1.807) is 6.92 Å². The van der Waals surface area contributed by atoms with Gasteiger partial charge in [0, 0.05) is 19.2 Å². The summed E-state index contributed by atoms with van der Waals surface area (Å²) in [5.74, 6) is 0.284. The number of ether oxygens (including phenoxy) is 1. The molecule has 1 heterocycles. The molecule has 122 valence electrons. The van der Waals surface area contributed by atoms with Crippen LogP contribution in [0.15, 0.2) is 0 Å². The van der Waals surface area contributed by atoms with E-state index in [9.17, 15) is 9.90 Å². The number of carbonyl (C=O) groups is 1. The van der Waals surface area contributed by atoms with Crippen LogP contribution in [0, 0.1) is 5.92 Å². The minimum atomic E-state index is -0.317. The third-order valence-electron chi connectivity index (χ3n) is 4.70. The standard InChI is InChI=1S/C16H30N2O3/c1-12(9-13(2)19)11-17-15(20)18-14-5-8-21-16(10-14)6-3-4-7-16/h12-14,19H,3-11H2,1-2H3,(H2,17,18,20). The van der Waals surface area contributed by atoms with Crippen molar-refractivity contribution in [3.63, 3.8) is 0 Å². The molecular weight excluding hydrogens is 268 g/mol. The monoisotopic (exact) mass is 298 g/mol. The summed E-state index contributed by atoms with van der Waals surface area (Å²) in [7, 11) is 0. The smallest absolute Gasteiger partial charge is 0.315 e. The van der Waals surface area contributed by atoms with Gasteiger partial charge in [-0.05, 0) is 44.9 Å². The van der Waals surface area contributed by atoms with Gasteiger partial charge in [0.2, 0.25) is 0 Å². The maximum atomic E-state index is 12.0. The second-order valence-electron chi connectivity index (χ2n) is 6.97. The minimum Gasteiger partial charge on any atom is -0.393 e. The van der Waals surface area contributed by atoms with Gasteiger partial charge in [0.1, 0.15) is 0 Å². The summed E-state index contributed by atoms with van der Waals surface area (Å²) >= 11 is 0. The quantitative estimate of drug-likeness (QED) is 0.728. The van der Waals surface area contributed by atoms with Gasteiger partial charge in [-0.2, -0.15) is 0 Å². The minimum absolute atomic E-state index is 0.0375. The molecule has 0 bridgehead atoms. The first-order chi connectivity index (χ1) is 9.99. The van der Waals surface area contributed by atoms with Crippen LogP contribution in [0.2, 0.25) is 0 Å². The average molecular weight is 298 g/mol. The van der Waals surface area contributed by atoms with Crippen LogP contribution in [0.3, 0.4) is 0 Å². The highest BCUT2D eigenvalue weighted by molar-refractivity contribution is 5.74. The Bertz CT molecular complexity index is 340. The van der Waals surface area contributed by atoms with Crippen LogP contribution in [-0.2, 0) is 4.74 Å². The number of aliphatic hydroxyl groups is 1. The highest BCUT2D eigenvalue weighted by Crippen LogP contribution is 2.39. The molecule has 2 amide bonds. The fraction of sp³-hybridized carbons (Fsp3) is 0.938. The van der Waals surface area contributed by atoms with Gasteiger partial charge in [-0.15, -0.1) is 0 Å². The van der Waals surface area contributed by atoms with Crippen molar-refractivity contribution in [3.8, 4) is 0 Å². The van der Waals surface area contributed by atoms with E-state index in [0.717, 1.165) is 32.3 Å². The molecule has 2 aliphatic rings. The van der Waals surface area contributed by atoms with E-state index in [4.69, 9.17) is 4.74 Å². The molecule has 0 aromatic heterocycles. The molecule has 1 aliphatic heterocycles. The zero-order valence-corrected chi connectivity index (χ0v) is 13.4. The molecule has 1 saturated carbocycles. The Labute approximate surface area is 127 Å². The number of hydrogen-bond donors (Lipinski definition) is 3. The molecular formula is C16H30N2O3. The van der Waals surface area contributed by atoms with E-state index in [1.807, 2.05) is 6.92 Å². The molecule has 3 N–H and O–H groups in total. The molecule has 2 rings (SSSR count). The first-order valence-electron chi connectivity index (χ1n) is 8.35. The average Bonchev–Trinajstić information content (AvgIpc) is 2.83. The number of amides is 2. The largest absolute Gasteiger partial charge is 0.393 e. The fourth-order valence-corrected chi connectivity index (χ4v) is 3.69. The highest BCUT2D eigenvalue weighted by Gasteiger charge is 2.40. The number of aliphatic hydroxyl groups excluding tert-OH is 1. The van der Waals surface area contributed by atoms with Crippen molar-refractivity contribution < 1.29 is 14.6 Å². The van der Waals surface area contributed by atoms with Gasteiger partial charge in [-0.25, -0.2) is 4.79 Å². The number of urea groups is 1. The van der Waals surface area contributed by atoms with Crippen LogP contribution in [0.1, 0.15) is 58.8 Å². The van der Waals surface area contributed by atoms with Crippen molar-refractivity contribution in [2.75, 3.05) is 13.2 Å². The Morgan fingerprint density at radius 3 is 2.76 bits per heavy atom. The maximum absolute atomic E-state index is 12.0. The zero-order chi connectivity index (χ0) is 15.3. The number of carbonyl (C=O) groups excluding carboxylic acids is 1. The summed E-state index contributed by atoms with van der Waals surface area (Å²) in [6, 6.07) is 0.136. The Kier molecular flexibility index (Phi) is 5.88. The Balaban J connectivity index is 1.70. The predicted molar refractivity (Wildman–Crippen MR) is 82.2 cm³/mol. The zero-order valence-electron chi connectivity index (χ0n) is 13.4. The number of nitrogens with one attached hydrogen (secondary N) is 2. The van der Waals surface area contributed by atoms with Gasteiger partial charge in [0.05, 0.1) is 11.7 Å². The van der Waals surface area contributed by atoms with E-state index >= 15 is 0 Å². The predicted octanol–water partition coefficient (Wildman–Crippen LogP) is 2.18. The second-order valence-corrected chi connectivity index (χ2v) is 6.97. The molecule has 5 nitrogen and oxygen atoms in total. The van der Waals surface area contributed by atoms with Crippen molar-refractivity contribution in [1.29, 1.82) is 0 Å². The van der Waals surface area contributed by atoms with E-state index < -0.39 is 0 Å². The van der Waals surface area contributed by atoms with Crippen LogP contribution in [0.5, 0.6) is 0 Å². The molecule has 3 unspecified atom stereocenters. The number of hydrogen-bond acceptors (Lipinski definition) is 3. The summed E-state index contributed by atoms with van der Waals surface area (Å²) in [5, 5.41) is 15.3. The van der Waals surface area contributed by atoms with Gasteiger partial charge < -0.3 is 20.5 Å². The lowest BCUT2D eigenvalue weighted by atomic mass is 9.89. The lowest BCUT2D eigenvalue weighted by molar-refractivity contribution is -0.0820. The van der Waals surface area contributed by atoms with Crippen molar-refractivity contribution in [2.45, 2.75) is 76.5 Å². The lowest BCUT2D eigenvalue weighted by Gasteiger charge is -2.38. The molecule has 1 spiro atoms. The highest BCUT2D eigenvalue weighted by atomic mass is 16.5. The van der Waals surface area contributed by atoms with Gasteiger partial charge in [0.25, 0.3) is 0 Å². The molecule has 3 atom stereocenters. The molecule has 0 radical (unpaired) electrons. The van der Waals surface area contributed by atoms with Crippen LogP contribution in [0.25, 0.3) is 0 Å². The van der Waals surface area contributed by atoms with Crippen LogP contribution in [0.4, 0.5) is 4.79 Å². The van der Waals surface area contributed by atoms with Crippen LogP contribution < -0.4 is 10.6 Å². The van der Waals surface area contributed by atoms with Crippen molar-refractivity contribution >= 4 is 6.03 Å². The SMILES string of the molecule is CC(O)CC(C)CNC(=O)NC1CCOC2(CCCC2)C1. The van der Waals surface area contributed by atoms with Crippen LogP contribution >= 0.6 is 0 Å². The fourth-order valence-electron chi connectivity index (χ4n) is 3.69. The molecule has 0 aromatic rings. The van der Waals surface area contributed by atoms with Gasteiger partial charge in [-0.3, -0.25) is 0 Å². The number of rotatable bonds is 5. The van der Waals surface area contributed by atoms with Crippen LogP contribution in [-0.4, -0.2) is 42.0 Å². The molecule has 0 aromatic carbocycles. The van der Waals surface area contributed by atoms with E-state index in [0.29, 0.717) is 13.0 Å². The third kappa shape index (κ3) is 5.15. The van der Waals surface area contributed by atoms with E-state index in [-0.39, 0.29) is 29.7 Å². The van der Waals surface area contributed by atoms with Gasteiger partial charge in [-0.1, -0.05) is 19.8 Å². The molecule has 2 fully saturated rings. The molecule has 1 aliphatic carbocycles. The van der Waals surface area contributed by atoms with Gasteiger partial charge in [0.15, 0.2) is 0 Å². The van der Waals surface area contributed by atoms with Gasteiger partial charge >= 0.3 is 6.03 Å². The lowest BCUT2D eigenvalue weighted by Crippen LogP contribution is -2.50. The van der Waals surface area contributed by atoms with E-state index in [1.165, 1.54) is 12.8 Å². The molecule has 21 heavy (non-hydrogen) atoms. The topological polar surface area (TPSA) is 70.6 Å². The Morgan fingerprint density at radius 2 is 2.10 bits per heavy atom. The Hall–Kier alpha value is -0.810. The normalized spacial score (nSPS) is 27.3. The van der Waals surface area contributed by atoms with Crippen molar-refractivity contribution in [1.82, 2.24) is 10.6 Å². The Morgan fingerprint density at radius 1 is 1.38 bits per heavy atom. The van der Waals surface area contributed by atoms with E-state index in [2.05, 4.69) is 10.6 Å². The van der Waals surface area contributed by atoms with Crippen molar-refractivity contribution in [2.24, 2.45) is 5.92 Å². The summed E-state index contributed by atoms with van der Waals surface area (Å²) in [5.41, 5.74) is 0.0375. The first-order valence-corrected chi connectivity index (χ1v) is 8.35. The van der Waals surface area contributed by atoms with Crippen molar-refractivity contribution in [3.05, 3.63) is 0 Å². The summed E-state index contributed by atoms with van der Waals surface area (Å²) in [6.07, 6.45) is 7.01. The third-order valence-corrected chi connectivity index (χ3v) is 4.70. The first kappa shape index (κ1) is 16.6.